The zero-order valence-corrected chi connectivity index (χ0v) is 9.23. The molecule has 15 heavy (non-hydrogen) atoms. The highest BCUT2D eigenvalue weighted by Gasteiger charge is 2.07. The van der Waals surface area contributed by atoms with Gasteiger partial charge in [-0.1, -0.05) is 6.08 Å². The lowest BCUT2D eigenvalue weighted by Gasteiger charge is -2.11. The van der Waals surface area contributed by atoms with Gasteiger partial charge in [0.2, 0.25) is 0 Å². The van der Waals surface area contributed by atoms with Crippen LogP contribution in [0.3, 0.4) is 0 Å². The summed E-state index contributed by atoms with van der Waals surface area (Å²) in [6.07, 6.45) is 5.22. The van der Waals surface area contributed by atoms with Crippen molar-refractivity contribution in [3.05, 3.63) is 34.9 Å². The van der Waals surface area contributed by atoms with Gasteiger partial charge in [0.25, 0.3) is 0 Å². The van der Waals surface area contributed by atoms with Crippen molar-refractivity contribution in [2.45, 2.75) is 32.7 Å². The summed E-state index contributed by atoms with van der Waals surface area (Å²) >= 11 is 0. The smallest absolute Gasteiger partial charge is 0.349 e. The van der Waals surface area contributed by atoms with E-state index in [-0.39, 0.29) is 11.7 Å². The molecule has 1 rings (SSSR count). The van der Waals surface area contributed by atoms with E-state index in [9.17, 15) is 4.79 Å². The zero-order chi connectivity index (χ0) is 11.4. The van der Waals surface area contributed by atoms with E-state index in [0.717, 1.165) is 18.4 Å². The molecule has 0 spiro atoms. The van der Waals surface area contributed by atoms with E-state index >= 15 is 0 Å². The number of nitrogens with zero attached hydrogens (tertiary/aromatic N) is 2. The van der Waals surface area contributed by atoms with Gasteiger partial charge < -0.3 is 5.73 Å². The molecule has 1 heterocycles. The monoisotopic (exact) mass is 207 g/mol. The van der Waals surface area contributed by atoms with Crippen molar-refractivity contribution in [2.24, 2.45) is 0 Å². The summed E-state index contributed by atoms with van der Waals surface area (Å²) in [7, 11) is 0. The summed E-state index contributed by atoms with van der Waals surface area (Å²) in [6.45, 7) is 7.53. The predicted octanol–water partition coefficient (Wildman–Crippen LogP) is 1.52. The van der Waals surface area contributed by atoms with Gasteiger partial charge in [0.1, 0.15) is 5.82 Å². The molecule has 0 aliphatic carbocycles. The Hall–Kier alpha value is -1.58. The number of hydrogen-bond donors (Lipinski definition) is 1. The maximum Gasteiger partial charge on any atom is 0.349 e. The van der Waals surface area contributed by atoms with E-state index in [4.69, 9.17) is 5.73 Å². The highest BCUT2D eigenvalue weighted by molar-refractivity contribution is 5.37. The number of anilines is 1. The maximum atomic E-state index is 11.5. The number of nitrogen functional groups attached to an aromatic ring is 1. The minimum Gasteiger partial charge on any atom is -0.383 e. The van der Waals surface area contributed by atoms with Gasteiger partial charge in [0.05, 0.1) is 0 Å². The Balaban J connectivity index is 3.11. The second-order valence-corrected chi connectivity index (χ2v) is 3.76. The van der Waals surface area contributed by atoms with Crippen molar-refractivity contribution in [1.29, 1.82) is 0 Å². The van der Waals surface area contributed by atoms with E-state index in [0.29, 0.717) is 5.82 Å². The van der Waals surface area contributed by atoms with Crippen LogP contribution in [0.2, 0.25) is 0 Å². The standard InChI is InChI=1S/C11H17N3O/c1-4-5-6-9-7-14(8(2)3)11(15)13-10(9)12/h4,7-8H,1,5-6H2,2-3H3,(H2,12,13,15). The number of allylic oxidation sites excluding steroid dienone is 1. The first kappa shape index (κ1) is 11.5. The summed E-state index contributed by atoms with van der Waals surface area (Å²) in [5.41, 5.74) is 6.29. The van der Waals surface area contributed by atoms with Gasteiger partial charge in [-0.2, -0.15) is 4.98 Å². The summed E-state index contributed by atoms with van der Waals surface area (Å²) < 4.78 is 1.59. The molecule has 0 unspecified atom stereocenters. The topological polar surface area (TPSA) is 60.9 Å². The van der Waals surface area contributed by atoms with E-state index < -0.39 is 0 Å². The van der Waals surface area contributed by atoms with Gasteiger partial charge in [-0.3, -0.25) is 4.57 Å². The van der Waals surface area contributed by atoms with E-state index in [1.54, 1.807) is 10.8 Å². The minimum absolute atomic E-state index is 0.105. The molecule has 1 aromatic rings. The molecular formula is C11H17N3O. The molecule has 82 valence electrons. The van der Waals surface area contributed by atoms with Crippen LogP contribution in [0.15, 0.2) is 23.6 Å². The second-order valence-electron chi connectivity index (χ2n) is 3.76. The van der Waals surface area contributed by atoms with Gasteiger partial charge in [0, 0.05) is 17.8 Å². The van der Waals surface area contributed by atoms with Crippen LogP contribution < -0.4 is 11.4 Å². The first-order valence-electron chi connectivity index (χ1n) is 5.04. The first-order valence-corrected chi connectivity index (χ1v) is 5.04. The molecular weight excluding hydrogens is 190 g/mol. The minimum atomic E-state index is -0.287. The largest absolute Gasteiger partial charge is 0.383 e. The summed E-state index contributed by atoms with van der Waals surface area (Å²) in [4.78, 5) is 15.3. The molecule has 0 fully saturated rings. The lowest BCUT2D eigenvalue weighted by molar-refractivity contribution is 0.560. The number of aromatic nitrogens is 2. The van der Waals surface area contributed by atoms with Crippen molar-refractivity contribution < 1.29 is 0 Å². The summed E-state index contributed by atoms with van der Waals surface area (Å²) in [5, 5.41) is 0. The van der Waals surface area contributed by atoms with Gasteiger partial charge >= 0.3 is 5.69 Å². The first-order chi connectivity index (χ1) is 7.06. The molecule has 0 amide bonds. The van der Waals surface area contributed by atoms with Crippen LogP contribution in [0, 0.1) is 0 Å². The molecule has 4 nitrogen and oxygen atoms in total. The van der Waals surface area contributed by atoms with Crippen LogP contribution >= 0.6 is 0 Å². The molecule has 0 saturated heterocycles. The Morgan fingerprint density at radius 3 is 2.87 bits per heavy atom. The zero-order valence-electron chi connectivity index (χ0n) is 9.23. The van der Waals surface area contributed by atoms with Crippen LogP contribution in [0.4, 0.5) is 5.82 Å². The Morgan fingerprint density at radius 2 is 2.33 bits per heavy atom. The van der Waals surface area contributed by atoms with Gasteiger partial charge in [-0.05, 0) is 26.7 Å². The van der Waals surface area contributed by atoms with E-state index in [1.807, 2.05) is 19.9 Å². The highest BCUT2D eigenvalue weighted by Crippen LogP contribution is 2.10. The molecule has 4 heteroatoms. The maximum absolute atomic E-state index is 11.5. The number of rotatable bonds is 4. The van der Waals surface area contributed by atoms with Crippen molar-refractivity contribution in [3.8, 4) is 0 Å². The molecule has 1 aromatic heterocycles. The van der Waals surface area contributed by atoms with E-state index in [1.165, 1.54) is 0 Å². The average molecular weight is 207 g/mol. The summed E-state index contributed by atoms with van der Waals surface area (Å²) in [5.74, 6) is 0.332. The molecule has 0 aliphatic rings. The fourth-order valence-corrected chi connectivity index (χ4v) is 1.34. The van der Waals surface area contributed by atoms with Crippen LogP contribution in [-0.4, -0.2) is 9.55 Å². The van der Waals surface area contributed by atoms with Gasteiger partial charge in [-0.15, -0.1) is 6.58 Å². The van der Waals surface area contributed by atoms with Crippen LogP contribution in [0.1, 0.15) is 31.9 Å². The molecule has 0 aromatic carbocycles. The third kappa shape index (κ3) is 2.68. The quantitative estimate of drug-likeness (QED) is 0.761. The molecule has 0 bridgehead atoms. The molecule has 0 saturated carbocycles. The number of aryl methyl sites for hydroxylation is 1. The number of hydrogen-bond acceptors (Lipinski definition) is 3. The molecule has 2 N–H and O–H groups in total. The van der Waals surface area contributed by atoms with Crippen LogP contribution in [0.5, 0.6) is 0 Å². The lowest BCUT2D eigenvalue weighted by atomic mass is 10.1. The fourth-order valence-electron chi connectivity index (χ4n) is 1.34. The Morgan fingerprint density at radius 1 is 1.67 bits per heavy atom. The third-order valence-electron chi connectivity index (χ3n) is 2.24. The fraction of sp³-hybridized carbons (Fsp3) is 0.455. The lowest BCUT2D eigenvalue weighted by Crippen LogP contribution is -2.26. The second kappa shape index (κ2) is 4.77. The third-order valence-corrected chi connectivity index (χ3v) is 2.24. The molecule has 0 aliphatic heterocycles. The van der Waals surface area contributed by atoms with Crippen molar-refractivity contribution in [1.82, 2.24) is 9.55 Å². The molecule has 0 atom stereocenters. The normalized spacial score (nSPS) is 10.6. The SMILES string of the molecule is C=CCCc1cn(C(C)C)c(=O)nc1N. The Labute approximate surface area is 89.4 Å². The average Bonchev–Trinajstić information content (AvgIpc) is 2.16. The van der Waals surface area contributed by atoms with E-state index in [2.05, 4.69) is 11.6 Å². The van der Waals surface area contributed by atoms with Crippen LogP contribution in [0.25, 0.3) is 0 Å². The molecule has 0 radical (unpaired) electrons. The predicted molar refractivity (Wildman–Crippen MR) is 61.8 cm³/mol. The van der Waals surface area contributed by atoms with Crippen molar-refractivity contribution in [2.75, 3.05) is 5.73 Å². The van der Waals surface area contributed by atoms with Gasteiger partial charge in [-0.25, -0.2) is 4.79 Å². The van der Waals surface area contributed by atoms with Gasteiger partial charge in [0.15, 0.2) is 0 Å². The van der Waals surface area contributed by atoms with Crippen molar-refractivity contribution >= 4 is 5.82 Å². The highest BCUT2D eigenvalue weighted by atomic mass is 16.1. The Bertz CT molecular complexity index is 407. The number of nitrogens with two attached hydrogens (primary N) is 1. The Kier molecular flexibility index (Phi) is 3.66. The van der Waals surface area contributed by atoms with Crippen molar-refractivity contribution in [3.63, 3.8) is 0 Å². The summed E-state index contributed by atoms with van der Waals surface area (Å²) in [6, 6.07) is 0.105. The van der Waals surface area contributed by atoms with Crippen LogP contribution in [-0.2, 0) is 6.42 Å².